The number of benzene rings is 1. The number of rotatable bonds is 3. The van der Waals surface area contributed by atoms with E-state index in [-0.39, 0.29) is 24.2 Å². The van der Waals surface area contributed by atoms with E-state index in [1.807, 2.05) is 0 Å². The van der Waals surface area contributed by atoms with Crippen LogP contribution in [0.4, 0.5) is 10.1 Å². The number of halogens is 1. The smallest absolute Gasteiger partial charge is 0.343 e. The highest BCUT2D eigenvalue weighted by Crippen LogP contribution is 2.27. The number of carbonyl (C=O) groups is 2. The summed E-state index contributed by atoms with van der Waals surface area (Å²) >= 11 is 0. The van der Waals surface area contributed by atoms with Crippen molar-refractivity contribution in [3.05, 3.63) is 39.9 Å². The van der Waals surface area contributed by atoms with Crippen LogP contribution in [0.15, 0.2) is 24.3 Å². The minimum Gasteiger partial charge on any atom is -0.479 e. The molecule has 7 nitrogen and oxygen atoms in total. The predicted molar refractivity (Wildman–Crippen MR) is 65.1 cm³/mol. The molecule has 1 aromatic rings. The summed E-state index contributed by atoms with van der Waals surface area (Å²) in [7, 11) is 0. The number of carboxylic acids is 1. The van der Waals surface area contributed by atoms with Crippen molar-refractivity contribution < 1.29 is 24.0 Å². The molecule has 0 aliphatic carbocycles. The van der Waals surface area contributed by atoms with E-state index in [1.165, 1.54) is 18.2 Å². The largest absolute Gasteiger partial charge is 0.479 e. The summed E-state index contributed by atoms with van der Waals surface area (Å²) in [6.07, 6.45) is -0.289. The summed E-state index contributed by atoms with van der Waals surface area (Å²) in [4.78, 5) is 33.9. The van der Waals surface area contributed by atoms with Crippen LogP contribution in [0.1, 0.15) is 16.8 Å². The van der Waals surface area contributed by atoms with Gasteiger partial charge < -0.3 is 10.0 Å². The molecular weight excluding hydrogens is 271 g/mol. The van der Waals surface area contributed by atoms with Crippen LogP contribution >= 0.6 is 0 Å². The van der Waals surface area contributed by atoms with E-state index in [0.29, 0.717) is 0 Å². The van der Waals surface area contributed by atoms with Crippen LogP contribution in [0.3, 0.4) is 0 Å². The van der Waals surface area contributed by atoms with Gasteiger partial charge >= 0.3 is 5.97 Å². The minimum absolute atomic E-state index is 0.0360. The fourth-order valence-corrected chi connectivity index (χ4v) is 2.06. The molecule has 0 spiro atoms. The number of aliphatic carboxylic acids is 1. The number of amides is 1. The van der Waals surface area contributed by atoms with Crippen LogP contribution in [0, 0.1) is 10.1 Å². The normalized spacial score (nSPS) is 21.8. The Labute approximate surface area is 112 Å². The first-order chi connectivity index (χ1) is 9.33. The summed E-state index contributed by atoms with van der Waals surface area (Å²) in [5, 5.41) is 19.4. The third-order valence-corrected chi connectivity index (χ3v) is 3.19. The average molecular weight is 282 g/mol. The monoisotopic (exact) mass is 282 g/mol. The fourth-order valence-electron chi connectivity index (χ4n) is 2.06. The third-order valence-electron chi connectivity index (χ3n) is 3.19. The van der Waals surface area contributed by atoms with E-state index in [4.69, 9.17) is 5.11 Å². The molecule has 1 aromatic carbocycles. The van der Waals surface area contributed by atoms with E-state index in [1.54, 1.807) is 0 Å². The van der Waals surface area contributed by atoms with Gasteiger partial charge in [-0.1, -0.05) is 6.07 Å². The number of hydrogen-bond donors (Lipinski definition) is 1. The highest BCUT2D eigenvalue weighted by Gasteiger charge is 2.47. The number of carboxylic acid groups (broad SMARTS) is 1. The molecule has 0 radical (unpaired) electrons. The Kier molecular flexibility index (Phi) is 3.39. The van der Waals surface area contributed by atoms with Crippen molar-refractivity contribution in [2.45, 2.75) is 12.1 Å². The second-order valence-corrected chi connectivity index (χ2v) is 4.55. The van der Waals surface area contributed by atoms with Crippen molar-refractivity contribution in [1.29, 1.82) is 0 Å². The maximum absolute atomic E-state index is 13.9. The van der Waals surface area contributed by atoms with Gasteiger partial charge in [0.05, 0.1) is 11.5 Å². The molecular formula is C12H11FN2O5. The zero-order valence-electron chi connectivity index (χ0n) is 10.3. The van der Waals surface area contributed by atoms with Crippen molar-refractivity contribution >= 4 is 17.6 Å². The van der Waals surface area contributed by atoms with Gasteiger partial charge in [0.2, 0.25) is 5.67 Å². The third kappa shape index (κ3) is 2.44. The summed E-state index contributed by atoms with van der Waals surface area (Å²) < 4.78 is 13.9. The van der Waals surface area contributed by atoms with Gasteiger partial charge in [0, 0.05) is 30.7 Å². The lowest BCUT2D eigenvalue weighted by Gasteiger charge is -2.17. The number of nitrogens with zero attached hydrogens (tertiary/aromatic N) is 2. The van der Waals surface area contributed by atoms with Crippen LogP contribution in [0.5, 0.6) is 0 Å². The molecule has 8 heteroatoms. The molecule has 0 saturated carbocycles. The molecule has 1 heterocycles. The van der Waals surface area contributed by atoms with Crippen LogP contribution in [-0.4, -0.2) is 45.6 Å². The van der Waals surface area contributed by atoms with E-state index >= 15 is 0 Å². The molecule has 0 aromatic heterocycles. The van der Waals surface area contributed by atoms with Crippen LogP contribution in [0.2, 0.25) is 0 Å². The maximum atomic E-state index is 13.9. The topological polar surface area (TPSA) is 101 Å². The van der Waals surface area contributed by atoms with Gasteiger partial charge in [-0.15, -0.1) is 0 Å². The van der Waals surface area contributed by atoms with Gasteiger partial charge in [-0.3, -0.25) is 14.9 Å². The summed E-state index contributed by atoms with van der Waals surface area (Å²) in [5.41, 5.74) is -2.66. The van der Waals surface area contributed by atoms with Crippen molar-refractivity contribution in [3.8, 4) is 0 Å². The number of likely N-dealkylation sites (tertiary alicyclic amines) is 1. The number of nitro groups is 1. The van der Waals surface area contributed by atoms with Gasteiger partial charge in [-0.25, -0.2) is 9.18 Å². The first kappa shape index (κ1) is 13.9. The lowest BCUT2D eigenvalue weighted by molar-refractivity contribution is -0.384. The Morgan fingerprint density at radius 1 is 1.45 bits per heavy atom. The number of nitro benzene ring substituents is 1. The molecule has 1 fully saturated rings. The van der Waals surface area contributed by atoms with Gasteiger partial charge in [0.15, 0.2) is 0 Å². The lowest BCUT2D eigenvalue weighted by atomic mass is 10.1. The molecule has 0 bridgehead atoms. The molecule has 1 aliphatic heterocycles. The number of alkyl halides is 1. The number of carbonyl (C=O) groups excluding carboxylic acids is 1. The van der Waals surface area contributed by atoms with Gasteiger partial charge in [0.25, 0.3) is 11.6 Å². The zero-order valence-corrected chi connectivity index (χ0v) is 10.3. The van der Waals surface area contributed by atoms with Gasteiger partial charge in [-0.2, -0.15) is 0 Å². The molecule has 106 valence electrons. The highest BCUT2D eigenvalue weighted by molar-refractivity contribution is 5.95. The van der Waals surface area contributed by atoms with Crippen molar-refractivity contribution in [2.75, 3.05) is 13.1 Å². The first-order valence-corrected chi connectivity index (χ1v) is 5.79. The molecule has 1 unspecified atom stereocenters. The first-order valence-electron chi connectivity index (χ1n) is 5.79. The van der Waals surface area contributed by atoms with Crippen molar-refractivity contribution in [3.63, 3.8) is 0 Å². The number of non-ortho nitro benzene ring substituents is 1. The molecule has 1 saturated heterocycles. The zero-order chi connectivity index (χ0) is 14.9. The molecule has 1 aliphatic rings. The molecule has 20 heavy (non-hydrogen) atoms. The second-order valence-electron chi connectivity index (χ2n) is 4.55. The Bertz CT molecular complexity index is 591. The standard InChI is InChI=1S/C12H11FN2O5/c13-12(11(17)18)4-5-14(7-12)10(16)8-2-1-3-9(6-8)15(19)20/h1-3,6H,4-5,7H2,(H,17,18). The Morgan fingerprint density at radius 2 is 2.15 bits per heavy atom. The quantitative estimate of drug-likeness (QED) is 0.663. The van der Waals surface area contributed by atoms with Crippen LogP contribution in [-0.2, 0) is 4.79 Å². The predicted octanol–water partition coefficient (Wildman–Crippen LogP) is 1.23. The Balaban J connectivity index is 2.19. The molecule has 1 N–H and O–H groups in total. The SMILES string of the molecule is O=C(c1cccc([N+](=O)[O-])c1)N1CCC(F)(C(=O)O)C1. The summed E-state index contributed by atoms with van der Waals surface area (Å²) in [5.74, 6) is -2.22. The number of hydrogen-bond acceptors (Lipinski definition) is 4. The molecule has 1 atom stereocenters. The Morgan fingerprint density at radius 3 is 2.70 bits per heavy atom. The van der Waals surface area contributed by atoms with Crippen molar-refractivity contribution in [2.24, 2.45) is 0 Å². The van der Waals surface area contributed by atoms with E-state index < -0.39 is 29.0 Å². The van der Waals surface area contributed by atoms with Crippen molar-refractivity contribution in [1.82, 2.24) is 4.90 Å². The Hall–Kier alpha value is -2.51. The summed E-state index contributed by atoms with van der Waals surface area (Å²) in [6, 6.07) is 5.04. The molecule has 1 amide bonds. The highest BCUT2D eigenvalue weighted by atomic mass is 19.1. The summed E-state index contributed by atoms with van der Waals surface area (Å²) in [6.45, 7) is -0.589. The molecule has 2 rings (SSSR count). The lowest BCUT2D eigenvalue weighted by Crippen LogP contribution is -2.38. The van der Waals surface area contributed by atoms with Gasteiger partial charge in [-0.05, 0) is 6.07 Å². The second kappa shape index (κ2) is 4.87. The van der Waals surface area contributed by atoms with E-state index in [0.717, 1.165) is 11.0 Å². The maximum Gasteiger partial charge on any atom is 0.343 e. The fraction of sp³-hybridized carbons (Fsp3) is 0.333. The van der Waals surface area contributed by atoms with E-state index in [2.05, 4.69) is 0 Å². The average Bonchev–Trinajstić information content (AvgIpc) is 2.82. The van der Waals surface area contributed by atoms with Crippen LogP contribution in [0.25, 0.3) is 0 Å². The van der Waals surface area contributed by atoms with E-state index in [9.17, 15) is 24.1 Å². The van der Waals surface area contributed by atoms with Crippen LogP contribution < -0.4 is 0 Å². The van der Waals surface area contributed by atoms with Gasteiger partial charge in [0.1, 0.15) is 0 Å². The minimum atomic E-state index is -2.45.